The number of benzene rings is 1. The number of rotatable bonds is 4. The van der Waals surface area contributed by atoms with Crippen LogP contribution < -0.4 is 4.90 Å². The van der Waals surface area contributed by atoms with E-state index in [4.69, 9.17) is 0 Å². The largest absolute Gasteiger partial charge is 0.341 e. The lowest BCUT2D eigenvalue weighted by Gasteiger charge is -2.21. The van der Waals surface area contributed by atoms with Gasteiger partial charge in [-0.1, -0.05) is 15.9 Å². The second kappa shape index (κ2) is 7.00. The van der Waals surface area contributed by atoms with Crippen molar-refractivity contribution in [2.24, 2.45) is 13.0 Å². The molecule has 1 atom stereocenters. The van der Waals surface area contributed by atoms with Crippen molar-refractivity contribution < 1.29 is 9.59 Å². The van der Waals surface area contributed by atoms with Gasteiger partial charge >= 0.3 is 0 Å². The summed E-state index contributed by atoms with van der Waals surface area (Å²) in [4.78, 5) is 28.5. The fourth-order valence-corrected chi connectivity index (χ4v) is 3.38. The summed E-state index contributed by atoms with van der Waals surface area (Å²) in [5.41, 5.74) is 2.88. The lowest BCUT2D eigenvalue weighted by atomic mass is 10.1. The minimum Gasteiger partial charge on any atom is -0.341 e. The quantitative estimate of drug-likeness (QED) is 0.786. The van der Waals surface area contributed by atoms with Crippen molar-refractivity contribution in [3.05, 3.63) is 46.2 Å². The molecule has 132 valence electrons. The molecule has 0 bridgehead atoms. The molecule has 7 heteroatoms. The third-order valence-electron chi connectivity index (χ3n) is 4.48. The van der Waals surface area contributed by atoms with E-state index in [1.165, 1.54) is 0 Å². The van der Waals surface area contributed by atoms with E-state index < -0.39 is 0 Å². The molecule has 1 fully saturated rings. The van der Waals surface area contributed by atoms with Gasteiger partial charge < -0.3 is 9.80 Å². The molecule has 1 aliphatic heterocycles. The molecule has 0 saturated carbocycles. The van der Waals surface area contributed by atoms with Crippen LogP contribution in [0.15, 0.2) is 35.1 Å². The molecule has 0 spiro atoms. The first-order valence-corrected chi connectivity index (χ1v) is 8.93. The van der Waals surface area contributed by atoms with Crippen LogP contribution >= 0.6 is 15.9 Å². The molecule has 0 unspecified atom stereocenters. The van der Waals surface area contributed by atoms with Crippen LogP contribution in [0, 0.1) is 12.8 Å². The number of halogens is 1. The third-order valence-corrected chi connectivity index (χ3v) is 5.37. The number of nitrogens with zero attached hydrogens (tertiary/aromatic N) is 4. The van der Waals surface area contributed by atoms with Crippen LogP contribution in [-0.4, -0.2) is 40.1 Å². The van der Waals surface area contributed by atoms with E-state index in [0.717, 1.165) is 21.3 Å². The second-order valence-electron chi connectivity index (χ2n) is 6.56. The molecule has 25 heavy (non-hydrogen) atoms. The number of carbonyl (C=O) groups excluding carboxylic acids is 2. The minimum absolute atomic E-state index is 0.00477. The standard InChI is InChI=1S/C18H21BrN4O2/c1-12-6-15(4-5-16(12)19)23-11-14(7-17(23)24)18(25)21(2)9-13-8-20-22(3)10-13/h4-6,8,10,14H,7,9,11H2,1-3H3/t14-/m1/s1. The van der Waals surface area contributed by atoms with Gasteiger partial charge in [-0.3, -0.25) is 14.3 Å². The van der Waals surface area contributed by atoms with Gasteiger partial charge in [-0.15, -0.1) is 0 Å². The highest BCUT2D eigenvalue weighted by atomic mass is 79.9. The van der Waals surface area contributed by atoms with Gasteiger partial charge in [0.05, 0.1) is 12.1 Å². The fraction of sp³-hybridized carbons (Fsp3) is 0.389. The van der Waals surface area contributed by atoms with Crippen molar-refractivity contribution in [1.82, 2.24) is 14.7 Å². The smallest absolute Gasteiger partial charge is 0.228 e. The first-order valence-electron chi connectivity index (χ1n) is 8.14. The lowest BCUT2D eigenvalue weighted by Crippen LogP contribution is -2.34. The SMILES string of the molecule is Cc1cc(N2C[C@H](C(=O)N(C)Cc3cnn(C)c3)CC2=O)ccc1Br. The van der Waals surface area contributed by atoms with E-state index in [2.05, 4.69) is 21.0 Å². The zero-order valence-corrected chi connectivity index (χ0v) is 16.2. The Morgan fingerprint density at radius 2 is 2.20 bits per heavy atom. The summed E-state index contributed by atoms with van der Waals surface area (Å²) in [5.74, 6) is -0.318. The average molecular weight is 405 g/mol. The van der Waals surface area contributed by atoms with Crippen LogP contribution in [0.25, 0.3) is 0 Å². The Morgan fingerprint density at radius 3 is 2.84 bits per heavy atom. The summed E-state index contributed by atoms with van der Waals surface area (Å²) >= 11 is 3.47. The topological polar surface area (TPSA) is 58.4 Å². The van der Waals surface area contributed by atoms with Gasteiger partial charge in [0.2, 0.25) is 11.8 Å². The van der Waals surface area contributed by atoms with Crippen LogP contribution in [0.4, 0.5) is 5.69 Å². The van der Waals surface area contributed by atoms with Gasteiger partial charge in [-0.25, -0.2) is 0 Å². The van der Waals surface area contributed by atoms with Gasteiger partial charge in [-0.2, -0.15) is 5.10 Å². The van der Waals surface area contributed by atoms with Crippen LogP contribution in [0.5, 0.6) is 0 Å². The minimum atomic E-state index is -0.307. The number of hydrogen-bond donors (Lipinski definition) is 0. The molecule has 1 saturated heterocycles. The van der Waals surface area contributed by atoms with E-state index in [-0.39, 0.29) is 24.2 Å². The maximum Gasteiger partial charge on any atom is 0.228 e. The molecule has 0 aliphatic carbocycles. The Morgan fingerprint density at radius 1 is 1.44 bits per heavy atom. The fourth-order valence-electron chi connectivity index (χ4n) is 3.14. The molecule has 3 rings (SSSR count). The number of anilines is 1. The van der Waals surface area contributed by atoms with E-state index in [1.807, 2.05) is 38.4 Å². The maximum absolute atomic E-state index is 12.7. The predicted octanol–water partition coefficient (Wildman–Crippen LogP) is 2.50. The average Bonchev–Trinajstić information content (AvgIpc) is 3.15. The van der Waals surface area contributed by atoms with Crippen LogP contribution in [0.3, 0.4) is 0 Å². The molecule has 0 radical (unpaired) electrons. The van der Waals surface area contributed by atoms with Gasteiger partial charge in [-0.05, 0) is 30.7 Å². The Kier molecular flexibility index (Phi) is 4.94. The van der Waals surface area contributed by atoms with Gasteiger partial charge in [0.15, 0.2) is 0 Å². The number of aryl methyl sites for hydroxylation is 2. The Balaban J connectivity index is 1.68. The summed E-state index contributed by atoms with van der Waals surface area (Å²) in [5, 5.41) is 4.12. The van der Waals surface area contributed by atoms with E-state index in [9.17, 15) is 9.59 Å². The first-order chi connectivity index (χ1) is 11.8. The first kappa shape index (κ1) is 17.7. The van der Waals surface area contributed by atoms with Gasteiger partial charge in [0, 0.05) is 55.5 Å². The highest BCUT2D eigenvalue weighted by Gasteiger charge is 2.36. The molecule has 1 aromatic carbocycles. The summed E-state index contributed by atoms with van der Waals surface area (Å²) in [6, 6.07) is 5.80. The molecule has 1 aromatic heterocycles. The van der Waals surface area contributed by atoms with Crippen molar-refractivity contribution >= 4 is 33.4 Å². The summed E-state index contributed by atoms with van der Waals surface area (Å²) < 4.78 is 2.72. The molecule has 2 aromatic rings. The third kappa shape index (κ3) is 3.76. The van der Waals surface area contributed by atoms with Gasteiger partial charge in [0.1, 0.15) is 0 Å². The number of hydrogen-bond acceptors (Lipinski definition) is 3. The summed E-state index contributed by atoms with van der Waals surface area (Å²) in [6.07, 6.45) is 3.90. The van der Waals surface area contributed by atoms with Crippen molar-refractivity contribution in [2.45, 2.75) is 19.9 Å². The Hall–Kier alpha value is -2.15. The number of amides is 2. The van der Waals surface area contributed by atoms with Crippen molar-refractivity contribution in [2.75, 3.05) is 18.5 Å². The normalized spacial score (nSPS) is 17.2. The van der Waals surface area contributed by atoms with Crippen molar-refractivity contribution in [3.63, 3.8) is 0 Å². The van der Waals surface area contributed by atoms with E-state index in [0.29, 0.717) is 13.1 Å². The monoisotopic (exact) mass is 404 g/mol. The van der Waals surface area contributed by atoms with Crippen LogP contribution in [0.2, 0.25) is 0 Å². The zero-order valence-electron chi connectivity index (χ0n) is 14.6. The highest BCUT2D eigenvalue weighted by Crippen LogP contribution is 2.29. The molecular formula is C18H21BrN4O2. The lowest BCUT2D eigenvalue weighted by molar-refractivity contribution is -0.135. The summed E-state index contributed by atoms with van der Waals surface area (Å²) in [7, 11) is 3.62. The second-order valence-corrected chi connectivity index (χ2v) is 7.41. The maximum atomic E-state index is 12.7. The van der Waals surface area contributed by atoms with Crippen molar-refractivity contribution in [3.8, 4) is 0 Å². The zero-order chi connectivity index (χ0) is 18.1. The molecule has 2 amide bonds. The van der Waals surface area contributed by atoms with Crippen LogP contribution in [0.1, 0.15) is 17.5 Å². The molecule has 1 aliphatic rings. The molecule has 0 N–H and O–H groups in total. The molecule has 6 nitrogen and oxygen atoms in total. The van der Waals surface area contributed by atoms with Crippen molar-refractivity contribution in [1.29, 1.82) is 0 Å². The molecule has 2 heterocycles. The number of carbonyl (C=O) groups is 2. The molecular weight excluding hydrogens is 384 g/mol. The Labute approximate surface area is 155 Å². The number of aromatic nitrogens is 2. The predicted molar refractivity (Wildman–Crippen MR) is 99.0 cm³/mol. The highest BCUT2D eigenvalue weighted by molar-refractivity contribution is 9.10. The summed E-state index contributed by atoms with van der Waals surface area (Å²) in [6.45, 7) is 2.91. The van der Waals surface area contributed by atoms with Gasteiger partial charge in [0.25, 0.3) is 0 Å². The van der Waals surface area contributed by atoms with E-state index >= 15 is 0 Å². The van der Waals surface area contributed by atoms with E-state index in [1.54, 1.807) is 27.7 Å². The van der Waals surface area contributed by atoms with Crippen LogP contribution in [-0.2, 0) is 23.2 Å². The Bertz CT molecular complexity index is 817.